The highest BCUT2D eigenvalue weighted by molar-refractivity contribution is 7.97. The first-order valence-corrected chi connectivity index (χ1v) is 14.1. The summed E-state index contributed by atoms with van der Waals surface area (Å²) in [7, 11) is 1.27. The number of ether oxygens (including phenoxy) is 1. The normalized spacial score (nSPS) is 15.9. The average Bonchev–Trinajstić information content (AvgIpc) is 2.90. The molecule has 1 saturated heterocycles. The Hall–Kier alpha value is -3.11. The predicted octanol–water partition coefficient (Wildman–Crippen LogP) is 2.87. The Morgan fingerprint density at radius 1 is 1.21 bits per heavy atom. The van der Waals surface area contributed by atoms with E-state index in [0.717, 1.165) is 48.6 Å². The zero-order valence-corrected chi connectivity index (χ0v) is 22.9. The van der Waals surface area contributed by atoms with E-state index in [9.17, 15) is 14.4 Å². The number of carbonyl (C=O) groups is 3. The van der Waals surface area contributed by atoms with Gasteiger partial charge in [-0.25, -0.2) is 14.1 Å². The smallest absolute Gasteiger partial charge is 0.330 e. The molecule has 2 aliphatic rings. The van der Waals surface area contributed by atoms with Crippen molar-refractivity contribution in [2.24, 2.45) is 5.92 Å². The van der Waals surface area contributed by atoms with Crippen molar-refractivity contribution in [1.82, 2.24) is 19.9 Å². The summed E-state index contributed by atoms with van der Waals surface area (Å²) in [5.74, 6) is -0.152. The van der Waals surface area contributed by atoms with Crippen molar-refractivity contribution >= 4 is 35.5 Å². The van der Waals surface area contributed by atoms with E-state index in [4.69, 9.17) is 9.72 Å². The lowest BCUT2D eigenvalue weighted by Gasteiger charge is -2.37. The number of aryl methyl sites for hydroxylation is 3. The first-order chi connectivity index (χ1) is 18.4. The van der Waals surface area contributed by atoms with E-state index < -0.39 is 12.0 Å². The number of unbranched alkanes of at least 4 members (excludes halogenated alkanes) is 1. The first kappa shape index (κ1) is 27.9. The van der Waals surface area contributed by atoms with Crippen molar-refractivity contribution in [2.45, 2.75) is 56.4 Å². The lowest BCUT2D eigenvalue weighted by atomic mass is 10.0. The number of fused-ring (bicyclic) bond motifs is 1. The second-order valence-corrected chi connectivity index (χ2v) is 11.1. The van der Waals surface area contributed by atoms with Gasteiger partial charge in [-0.1, -0.05) is 18.2 Å². The average molecular weight is 540 g/mol. The molecule has 0 aliphatic carbocycles. The number of anilines is 1. The minimum Gasteiger partial charge on any atom is -0.467 e. The Balaban J connectivity index is 1.14. The number of hydrogen-bond donors (Lipinski definition) is 3. The Morgan fingerprint density at radius 3 is 2.84 bits per heavy atom. The van der Waals surface area contributed by atoms with E-state index >= 15 is 0 Å². The summed E-state index contributed by atoms with van der Waals surface area (Å²) >= 11 is 1.62. The third-order valence-electron chi connectivity index (χ3n) is 6.79. The second kappa shape index (κ2) is 13.6. The van der Waals surface area contributed by atoms with Crippen LogP contribution in [0.15, 0.2) is 41.3 Å². The van der Waals surface area contributed by atoms with Crippen LogP contribution in [0.1, 0.15) is 42.5 Å². The molecule has 2 aromatic rings. The third-order valence-corrected chi connectivity index (χ3v) is 7.81. The number of pyridine rings is 1. The predicted molar refractivity (Wildman–Crippen MR) is 148 cm³/mol. The monoisotopic (exact) mass is 539 g/mol. The number of hydrogen-bond acceptors (Lipinski definition) is 8. The number of methoxy groups -OCH3 is 1. The summed E-state index contributed by atoms with van der Waals surface area (Å²) in [6, 6.07) is 11.5. The fraction of sp³-hybridized carbons (Fsp3) is 0.500. The van der Waals surface area contributed by atoms with Crippen molar-refractivity contribution in [1.29, 1.82) is 0 Å². The molecular formula is C28H37N5O4S. The molecule has 2 amide bonds. The minimum atomic E-state index is -0.915. The zero-order chi connectivity index (χ0) is 26.9. The lowest BCUT2D eigenvalue weighted by Crippen LogP contribution is -2.56. The molecule has 2 aliphatic heterocycles. The van der Waals surface area contributed by atoms with Crippen molar-refractivity contribution < 1.29 is 19.1 Å². The van der Waals surface area contributed by atoms with Crippen LogP contribution in [0.25, 0.3) is 0 Å². The zero-order valence-electron chi connectivity index (χ0n) is 22.1. The molecule has 0 spiro atoms. The summed E-state index contributed by atoms with van der Waals surface area (Å²) in [6.07, 6.45) is 4.91. The molecule has 1 atom stereocenters. The van der Waals surface area contributed by atoms with Crippen LogP contribution in [-0.2, 0) is 32.0 Å². The molecule has 9 nitrogen and oxygen atoms in total. The first-order valence-electron chi connectivity index (χ1n) is 13.3. The van der Waals surface area contributed by atoms with Gasteiger partial charge in [-0.3, -0.25) is 9.59 Å². The molecule has 1 aromatic carbocycles. The van der Waals surface area contributed by atoms with Crippen molar-refractivity contribution in [3.8, 4) is 0 Å². The van der Waals surface area contributed by atoms with Gasteiger partial charge < -0.3 is 20.7 Å². The van der Waals surface area contributed by atoms with Crippen LogP contribution in [-0.4, -0.2) is 66.4 Å². The molecule has 204 valence electrons. The van der Waals surface area contributed by atoms with E-state index in [0.29, 0.717) is 25.9 Å². The van der Waals surface area contributed by atoms with Crippen LogP contribution >= 0.6 is 11.9 Å². The molecule has 38 heavy (non-hydrogen) atoms. The van der Waals surface area contributed by atoms with Gasteiger partial charge in [-0.15, -0.1) is 0 Å². The second-order valence-electron chi connectivity index (χ2n) is 9.89. The fourth-order valence-electron chi connectivity index (χ4n) is 4.53. The number of benzene rings is 1. The highest BCUT2D eigenvalue weighted by Crippen LogP contribution is 2.31. The lowest BCUT2D eigenvalue weighted by molar-refractivity contribution is -0.146. The number of nitrogens with zero attached hydrogens (tertiary/aromatic N) is 2. The molecular weight excluding hydrogens is 502 g/mol. The molecule has 4 rings (SSSR count). The van der Waals surface area contributed by atoms with Gasteiger partial charge in [0.15, 0.2) is 0 Å². The molecule has 1 fully saturated rings. The highest BCUT2D eigenvalue weighted by Gasteiger charge is 2.35. The van der Waals surface area contributed by atoms with Gasteiger partial charge in [0.2, 0.25) is 11.8 Å². The molecule has 3 N–H and O–H groups in total. The van der Waals surface area contributed by atoms with Gasteiger partial charge in [0.05, 0.1) is 13.0 Å². The number of amides is 2. The Kier molecular flexibility index (Phi) is 10.0. The number of rotatable bonds is 12. The van der Waals surface area contributed by atoms with Crippen LogP contribution < -0.4 is 16.0 Å². The summed E-state index contributed by atoms with van der Waals surface area (Å²) < 4.78 is 6.96. The SMILES string of the molecule is COC(=O)C(CNC(=O)CCCCc1ccc2c(n1)NCCC2)NC(=O)C1CN(Sc2cccc(C)c2)C1. The van der Waals surface area contributed by atoms with E-state index in [2.05, 4.69) is 38.5 Å². The van der Waals surface area contributed by atoms with Gasteiger partial charge >= 0.3 is 5.97 Å². The van der Waals surface area contributed by atoms with E-state index in [1.807, 2.05) is 25.1 Å². The van der Waals surface area contributed by atoms with E-state index in [-0.39, 0.29) is 24.3 Å². The van der Waals surface area contributed by atoms with Crippen molar-refractivity contribution in [2.75, 3.05) is 38.6 Å². The van der Waals surface area contributed by atoms with Crippen LogP contribution in [0.3, 0.4) is 0 Å². The maximum Gasteiger partial charge on any atom is 0.330 e. The van der Waals surface area contributed by atoms with E-state index in [1.165, 1.54) is 18.2 Å². The maximum absolute atomic E-state index is 12.7. The van der Waals surface area contributed by atoms with Crippen LogP contribution in [0.4, 0.5) is 5.82 Å². The molecule has 3 heterocycles. The van der Waals surface area contributed by atoms with Gasteiger partial charge in [0.1, 0.15) is 11.9 Å². The number of carbonyl (C=O) groups excluding carboxylic acids is 3. The number of aromatic nitrogens is 1. The molecule has 0 bridgehead atoms. The minimum absolute atomic E-state index is 0.00374. The highest BCUT2D eigenvalue weighted by atomic mass is 32.2. The topological polar surface area (TPSA) is 113 Å². The van der Waals surface area contributed by atoms with Crippen LogP contribution in [0.2, 0.25) is 0 Å². The summed E-state index contributed by atoms with van der Waals surface area (Å²) in [5, 5.41) is 8.87. The standard InChI is InChI=1S/C28H37N5O4S/c1-19-7-5-10-23(15-19)38-33-17-21(18-33)27(35)32-24(28(36)37-2)16-30-25(34)11-4-3-9-22-13-12-20-8-6-14-29-26(20)31-22/h5,7,10,12-13,15,21,24H,3-4,6,8-9,11,14,16-18H2,1-2H3,(H,29,31)(H,30,34)(H,32,35). The summed E-state index contributed by atoms with van der Waals surface area (Å²) in [4.78, 5) is 43.1. The Bertz CT molecular complexity index is 1140. The van der Waals surface area contributed by atoms with Gasteiger partial charge in [-0.05, 0) is 80.3 Å². The molecule has 1 unspecified atom stereocenters. The summed E-state index contributed by atoms with van der Waals surface area (Å²) in [6.45, 7) is 4.21. The number of esters is 1. The van der Waals surface area contributed by atoms with Gasteiger partial charge in [-0.2, -0.15) is 0 Å². The van der Waals surface area contributed by atoms with Crippen molar-refractivity contribution in [3.63, 3.8) is 0 Å². The fourth-order valence-corrected chi connectivity index (χ4v) is 5.71. The van der Waals surface area contributed by atoms with Gasteiger partial charge in [0, 0.05) is 43.2 Å². The largest absolute Gasteiger partial charge is 0.467 e. The molecule has 1 aromatic heterocycles. The van der Waals surface area contributed by atoms with Crippen LogP contribution in [0.5, 0.6) is 0 Å². The molecule has 10 heteroatoms. The van der Waals surface area contributed by atoms with E-state index in [1.54, 1.807) is 11.9 Å². The Labute approximate surface area is 228 Å². The Morgan fingerprint density at radius 2 is 2.05 bits per heavy atom. The quantitative estimate of drug-likeness (QED) is 0.214. The van der Waals surface area contributed by atoms with Crippen LogP contribution in [0, 0.1) is 12.8 Å². The third kappa shape index (κ3) is 7.94. The maximum atomic E-state index is 12.7. The molecule has 0 saturated carbocycles. The molecule has 0 radical (unpaired) electrons. The van der Waals surface area contributed by atoms with Crippen molar-refractivity contribution in [3.05, 3.63) is 53.2 Å². The number of nitrogens with one attached hydrogen (secondary N) is 3. The summed E-state index contributed by atoms with van der Waals surface area (Å²) in [5.41, 5.74) is 3.48. The van der Waals surface area contributed by atoms with Gasteiger partial charge in [0.25, 0.3) is 0 Å².